The minimum Gasteiger partial charge on any atom is -0.442 e. The summed E-state index contributed by atoms with van der Waals surface area (Å²) in [4.78, 5) is 18.4. The monoisotopic (exact) mass is 357 g/mol. The van der Waals surface area contributed by atoms with Crippen LogP contribution in [0.25, 0.3) is 0 Å². The number of hydrogen-bond donors (Lipinski definition) is 0. The maximum atomic E-state index is 12.6. The summed E-state index contributed by atoms with van der Waals surface area (Å²) in [7, 11) is 0. The molecule has 4 saturated heterocycles. The maximum absolute atomic E-state index is 12.6. The van der Waals surface area contributed by atoms with Gasteiger partial charge in [-0.2, -0.15) is 5.06 Å². The van der Waals surface area contributed by atoms with Crippen molar-refractivity contribution < 1.29 is 33.3 Å². The van der Waals surface area contributed by atoms with Gasteiger partial charge in [-0.15, -0.1) is 0 Å². The van der Waals surface area contributed by atoms with E-state index in [-0.39, 0.29) is 36.4 Å². The van der Waals surface area contributed by atoms with Gasteiger partial charge in [0.1, 0.15) is 23.9 Å². The third kappa shape index (κ3) is 2.94. The fourth-order valence-corrected chi connectivity index (χ4v) is 4.05. The number of hydroxylamine groups is 2. The van der Waals surface area contributed by atoms with Crippen LogP contribution < -0.4 is 0 Å². The van der Waals surface area contributed by atoms with Gasteiger partial charge in [-0.1, -0.05) is 0 Å². The zero-order chi connectivity index (χ0) is 18.1. The van der Waals surface area contributed by atoms with Crippen molar-refractivity contribution in [3.05, 3.63) is 0 Å². The standard InChI is InChI=1S/C17H27NO7/c1-8-9-7-20-12-11(21-14-13(12)22-17(5,6)23-14)10(9)18(25-8)15(19)24-16(2,3)4/h8-14H,7H2,1-6H3/t8-,9+,10-,11-,12-,13-,14-/m1/s1. The summed E-state index contributed by atoms with van der Waals surface area (Å²) in [5.41, 5.74) is -0.602. The Labute approximate surface area is 147 Å². The van der Waals surface area contributed by atoms with Crippen molar-refractivity contribution in [2.24, 2.45) is 5.92 Å². The molecule has 4 rings (SSSR count). The highest BCUT2D eigenvalue weighted by Crippen LogP contribution is 2.46. The first-order chi connectivity index (χ1) is 11.6. The molecule has 4 aliphatic rings. The molecule has 0 bridgehead atoms. The van der Waals surface area contributed by atoms with E-state index in [0.29, 0.717) is 6.61 Å². The summed E-state index contributed by atoms with van der Waals surface area (Å²) < 4.78 is 29.4. The lowest BCUT2D eigenvalue weighted by atomic mass is 9.87. The van der Waals surface area contributed by atoms with Gasteiger partial charge in [0, 0.05) is 5.92 Å². The highest BCUT2D eigenvalue weighted by molar-refractivity contribution is 5.67. The summed E-state index contributed by atoms with van der Waals surface area (Å²) in [5.74, 6) is -0.689. The molecule has 0 aromatic carbocycles. The zero-order valence-corrected chi connectivity index (χ0v) is 15.6. The summed E-state index contributed by atoms with van der Waals surface area (Å²) in [6.07, 6.45) is -2.15. The molecular formula is C17H27NO7. The average Bonchev–Trinajstić information content (AvgIpc) is 3.05. The molecule has 25 heavy (non-hydrogen) atoms. The van der Waals surface area contributed by atoms with E-state index < -0.39 is 23.8 Å². The molecule has 0 aliphatic carbocycles. The van der Waals surface area contributed by atoms with Crippen LogP contribution in [0, 0.1) is 5.92 Å². The van der Waals surface area contributed by atoms with E-state index in [1.54, 1.807) is 0 Å². The number of carbonyl (C=O) groups excluding carboxylic acids is 1. The topological polar surface area (TPSA) is 75.7 Å². The largest absolute Gasteiger partial charge is 0.442 e. The van der Waals surface area contributed by atoms with Gasteiger partial charge in [-0.3, -0.25) is 4.84 Å². The van der Waals surface area contributed by atoms with Gasteiger partial charge in [0.25, 0.3) is 0 Å². The van der Waals surface area contributed by atoms with E-state index in [1.807, 2.05) is 41.5 Å². The lowest BCUT2D eigenvalue weighted by Crippen LogP contribution is -2.56. The highest BCUT2D eigenvalue weighted by Gasteiger charge is 2.64. The second kappa shape index (κ2) is 5.53. The predicted molar refractivity (Wildman–Crippen MR) is 84.3 cm³/mol. The lowest BCUT2D eigenvalue weighted by molar-refractivity contribution is -0.242. The van der Waals surface area contributed by atoms with E-state index in [2.05, 4.69) is 0 Å². The molecule has 4 heterocycles. The van der Waals surface area contributed by atoms with Crippen molar-refractivity contribution in [1.82, 2.24) is 5.06 Å². The van der Waals surface area contributed by atoms with Crippen LogP contribution in [0.4, 0.5) is 4.79 Å². The van der Waals surface area contributed by atoms with Crippen LogP contribution in [-0.4, -0.2) is 65.9 Å². The number of amides is 1. The van der Waals surface area contributed by atoms with E-state index in [0.717, 1.165) is 0 Å². The van der Waals surface area contributed by atoms with Crippen LogP contribution in [0.3, 0.4) is 0 Å². The van der Waals surface area contributed by atoms with Crippen molar-refractivity contribution in [2.75, 3.05) is 6.61 Å². The Morgan fingerprint density at radius 3 is 2.56 bits per heavy atom. The Bertz CT molecular complexity index is 560. The van der Waals surface area contributed by atoms with Crippen LogP contribution in [0.15, 0.2) is 0 Å². The lowest BCUT2D eigenvalue weighted by Gasteiger charge is -2.38. The third-order valence-corrected chi connectivity index (χ3v) is 5.01. The smallest absolute Gasteiger partial charge is 0.434 e. The Morgan fingerprint density at radius 1 is 1.16 bits per heavy atom. The molecule has 4 fully saturated rings. The van der Waals surface area contributed by atoms with Gasteiger partial charge in [0.15, 0.2) is 12.1 Å². The van der Waals surface area contributed by atoms with Crippen molar-refractivity contribution in [3.8, 4) is 0 Å². The van der Waals surface area contributed by atoms with Crippen molar-refractivity contribution in [3.63, 3.8) is 0 Å². The molecule has 0 saturated carbocycles. The summed E-state index contributed by atoms with van der Waals surface area (Å²) in [6, 6.07) is -0.287. The molecule has 8 heteroatoms. The van der Waals surface area contributed by atoms with E-state index in [1.165, 1.54) is 5.06 Å². The summed E-state index contributed by atoms with van der Waals surface area (Å²) >= 11 is 0. The van der Waals surface area contributed by atoms with Gasteiger partial charge in [0.2, 0.25) is 0 Å². The molecule has 1 amide bonds. The van der Waals surface area contributed by atoms with Gasteiger partial charge in [0.05, 0.1) is 18.8 Å². The number of carbonyl (C=O) groups is 1. The summed E-state index contributed by atoms with van der Waals surface area (Å²) in [6.45, 7) is 11.6. The summed E-state index contributed by atoms with van der Waals surface area (Å²) in [5, 5.41) is 1.33. The SMILES string of the molecule is C[C@H]1ON(C(=O)OC(C)(C)C)[C@@H]2[C@H]1CO[C@H]1[C@H]3OC(C)(C)O[C@H]3O[C@@H]12. The molecule has 142 valence electrons. The quantitative estimate of drug-likeness (QED) is 0.654. The predicted octanol–water partition coefficient (Wildman–Crippen LogP) is 1.82. The normalized spacial score (nSPS) is 45.0. The average molecular weight is 357 g/mol. The minimum atomic E-state index is -0.704. The molecule has 0 spiro atoms. The maximum Gasteiger partial charge on any atom is 0.434 e. The fourth-order valence-electron chi connectivity index (χ4n) is 4.05. The van der Waals surface area contributed by atoms with Gasteiger partial charge in [-0.25, -0.2) is 4.79 Å². The van der Waals surface area contributed by atoms with E-state index >= 15 is 0 Å². The Morgan fingerprint density at radius 2 is 1.88 bits per heavy atom. The second-order valence-electron chi connectivity index (χ2n) is 8.64. The molecule has 0 aromatic rings. The molecular weight excluding hydrogens is 330 g/mol. The van der Waals surface area contributed by atoms with Crippen molar-refractivity contribution >= 4 is 6.09 Å². The Hall–Kier alpha value is -0.930. The molecule has 0 aromatic heterocycles. The van der Waals surface area contributed by atoms with E-state index in [4.69, 9.17) is 28.5 Å². The van der Waals surface area contributed by atoms with Gasteiger partial charge >= 0.3 is 6.09 Å². The van der Waals surface area contributed by atoms with Crippen LogP contribution in [0.2, 0.25) is 0 Å². The van der Waals surface area contributed by atoms with Crippen LogP contribution in [0.5, 0.6) is 0 Å². The number of hydrogen-bond acceptors (Lipinski definition) is 7. The van der Waals surface area contributed by atoms with Gasteiger partial charge < -0.3 is 23.7 Å². The molecule has 0 N–H and O–H groups in total. The third-order valence-electron chi connectivity index (χ3n) is 5.01. The zero-order valence-electron chi connectivity index (χ0n) is 15.6. The van der Waals surface area contributed by atoms with Crippen LogP contribution >= 0.6 is 0 Å². The molecule has 0 radical (unpaired) electrons. The Balaban J connectivity index is 1.56. The van der Waals surface area contributed by atoms with Gasteiger partial charge in [-0.05, 0) is 41.5 Å². The molecule has 8 nitrogen and oxygen atoms in total. The van der Waals surface area contributed by atoms with Crippen molar-refractivity contribution in [2.45, 2.75) is 89.7 Å². The van der Waals surface area contributed by atoms with Crippen LogP contribution in [0.1, 0.15) is 41.5 Å². The molecule has 0 unspecified atom stereocenters. The van der Waals surface area contributed by atoms with E-state index in [9.17, 15) is 4.79 Å². The van der Waals surface area contributed by atoms with Crippen LogP contribution in [-0.2, 0) is 28.5 Å². The van der Waals surface area contributed by atoms with Crippen molar-refractivity contribution in [1.29, 1.82) is 0 Å². The first-order valence-corrected chi connectivity index (χ1v) is 8.87. The fraction of sp³-hybridized carbons (Fsp3) is 0.941. The number of nitrogens with zero attached hydrogens (tertiary/aromatic N) is 1. The number of fused-ring (bicyclic) bond motifs is 5. The first-order valence-electron chi connectivity index (χ1n) is 8.87. The minimum absolute atomic E-state index is 0.0144. The Kier molecular flexibility index (Phi) is 3.87. The number of ether oxygens (including phenoxy) is 5. The highest BCUT2D eigenvalue weighted by atomic mass is 16.8. The number of rotatable bonds is 0. The molecule has 4 aliphatic heterocycles. The first kappa shape index (κ1) is 17.5. The second-order valence-corrected chi connectivity index (χ2v) is 8.64. The molecule has 7 atom stereocenters.